The number of fused-ring (bicyclic) bond motifs is 1. The fraction of sp³-hybridized carbons (Fsp3) is 0.0588. The molecule has 0 unspecified atom stereocenters. The predicted molar refractivity (Wildman–Crippen MR) is 86.3 cm³/mol. The highest BCUT2D eigenvalue weighted by Gasteiger charge is 2.17. The highest BCUT2D eigenvalue weighted by molar-refractivity contribution is 5.99. The molecule has 2 aromatic carbocycles. The first-order chi connectivity index (χ1) is 11.9. The summed E-state index contributed by atoms with van der Waals surface area (Å²) in [5.41, 5.74) is -0.211. The fourth-order valence-corrected chi connectivity index (χ4v) is 2.30. The zero-order valence-electron chi connectivity index (χ0n) is 12.9. The van der Waals surface area contributed by atoms with E-state index in [0.29, 0.717) is 10.8 Å². The van der Waals surface area contributed by atoms with E-state index < -0.39 is 17.5 Å². The van der Waals surface area contributed by atoms with Gasteiger partial charge >= 0.3 is 5.97 Å². The molecule has 1 aromatic heterocycles. The van der Waals surface area contributed by atoms with Gasteiger partial charge in [-0.2, -0.15) is 0 Å². The van der Waals surface area contributed by atoms with Crippen LogP contribution in [0.4, 0.5) is 0 Å². The molecular weight excluding hydrogens is 330 g/mol. The van der Waals surface area contributed by atoms with Crippen LogP contribution < -0.4 is 4.74 Å². The number of benzene rings is 2. The third kappa shape index (κ3) is 2.92. The summed E-state index contributed by atoms with van der Waals surface area (Å²) >= 11 is 0. The van der Waals surface area contributed by atoms with Crippen molar-refractivity contribution < 1.29 is 34.7 Å². The number of hydrogen-bond acceptors (Lipinski definition) is 8. The van der Waals surface area contributed by atoms with Gasteiger partial charge in [0.1, 0.15) is 11.5 Å². The number of aromatic nitrogens is 1. The molecule has 4 N–H and O–H groups in total. The van der Waals surface area contributed by atoms with Crippen LogP contribution in [-0.4, -0.2) is 38.5 Å². The van der Waals surface area contributed by atoms with Crippen molar-refractivity contribution in [1.29, 1.82) is 0 Å². The third-order valence-corrected chi connectivity index (χ3v) is 3.47. The number of ether oxygens (including phenoxy) is 2. The van der Waals surface area contributed by atoms with Crippen molar-refractivity contribution in [3.8, 4) is 34.5 Å². The van der Waals surface area contributed by atoms with Gasteiger partial charge < -0.3 is 29.9 Å². The average molecular weight is 343 g/mol. The molecule has 0 amide bonds. The zero-order valence-corrected chi connectivity index (χ0v) is 12.9. The second kappa shape index (κ2) is 6.08. The van der Waals surface area contributed by atoms with Gasteiger partial charge in [0.2, 0.25) is 5.75 Å². The quantitative estimate of drug-likeness (QED) is 0.534. The molecule has 8 nitrogen and oxygen atoms in total. The van der Waals surface area contributed by atoms with Crippen LogP contribution in [0.5, 0.6) is 34.5 Å². The van der Waals surface area contributed by atoms with Gasteiger partial charge in [-0.15, -0.1) is 0 Å². The number of phenolic OH excluding ortho intramolecular Hbond substituents is 3. The van der Waals surface area contributed by atoms with Gasteiger partial charge in [0.25, 0.3) is 0 Å². The first-order valence-corrected chi connectivity index (χ1v) is 7.03. The maximum Gasteiger partial charge on any atom is 0.360 e. The van der Waals surface area contributed by atoms with E-state index in [-0.39, 0.29) is 28.7 Å². The molecule has 0 spiro atoms. The van der Waals surface area contributed by atoms with Crippen molar-refractivity contribution in [2.45, 2.75) is 0 Å². The Hall–Kier alpha value is -3.68. The Morgan fingerprint density at radius 3 is 2.36 bits per heavy atom. The molecule has 25 heavy (non-hydrogen) atoms. The van der Waals surface area contributed by atoms with E-state index >= 15 is 0 Å². The number of aromatic hydroxyl groups is 4. The van der Waals surface area contributed by atoms with Gasteiger partial charge in [0.15, 0.2) is 22.9 Å². The molecular formula is C17H13NO7. The minimum Gasteiger partial charge on any atom is -0.508 e. The van der Waals surface area contributed by atoms with Gasteiger partial charge in [0.05, 0.1) is 7.11 Å². The van der Waals surface area contributed by atoms with Crippen LogP contribution >= 0.6 is 0 Å². The Morgan fingerprint density at radius 1 is 1.04 bits per heavy atom. The summed E-state index contributed by atoms with van der Waals surface area (Å²) in [4.78, 5) is 15.4. The van der Waals surface area contributed by atoms with Gasteiger partial charge in [0, 0.05) is 29.1 Å². The number of rotatable bonds is 3. The monoisotopic (exact) mass is 343 g/mol. The highest BCUT2D eigenvalue weighted by Crippen LogP contribution is 2.42. The molecule has 0 aliphatic rings. The maximum absolute atomic E-state index is 11.5. The van der Waals surface area contributed by atoms with Crippen LogP contribution in [0.15, 0.2) is 36.5 Å². The average Bonchev–Trinajstić information content (AvgIpc) is 2.57. The van der Waals surface area contributed by atoms with Crippen molar-refractivity contribution >= 4 is 16.7 Å². The molecule has 0 fully saturated rings. The van der Waals surface area contributed by atoms with Crippen LogP contribution in [0.3, 0.4) is 0 Å². The summed E-state index contributed by atoms with van der Waals surface area (Å²) in [5.74, 6) is -2.30. The first kappa shape index (κ1) is 16.2. The molecule has 1 heterocycles. The van der Waals surface area contributed by atoms with E-state index in [4.69, 9.17) is 4.74 Å². The lowest BCUT2D eigenvalue weighted by molar-refractivity contribution is 0.0591. The molecule has 0 atom stereocenters. The number of nitrogens with zero attached hydrogens (tertiary/aromatic N) is 1. The number of carbonyl (C=O) groups is 1. The van der Waals surface area contributed by atoms with Crippen LogP contribution in [0.25, 0.3) is 10.8 Å². The minimum absolute atomic E-state index is 0.211. The number of methoxy groups -OCH3 is 1. The summed E-state index contributed by atoms with van der Waals surface area (Å²) in [6.07, 6.45) is 1.35. The zero-order chi connectivity index (χ0) is 18.1. The minimum atomic E-state index is -0.765. The summed E-state index contributed by atoms with van der Waals surface area (Å²) in [5, 5.41) is 39.8. The molecule has 0 saturated carbocycles. The SMILES string of the molecule is COC(=O)c1ncc2cc(Oc3c(O)cc(O)cc3O)ccc2c1O. The first-order valence-electron chi connectivity index (χ1n) is 7.03. The predicted octanol–water partition coefficient (Wildman–Crippen LogP) is 2.64. The third-order valence-electron chi connectivity index (χ3n) is 3.47. The second-order valence-corrected chi connectivity index (χ2v) is 5.11. The lowest BCUT2D eigenvalue weighted by Crippen LogP contribution is -2.04. The van der Waals surface area contributed by atoms with Gasteiger partial charge in [-0.25, -0.2) is 9.78 Å². The Kier molecular flexibility index (Phi) is 3.94. The second-order valence-electron chi connectivity index (χ2n) is 5.11. The van der Waals surface area contributed by atoms with Crippen LogP contribution in [0, 0.1) is 0 Å². The van der Waals surface area contributed by atoms with Crippen LogP contribution in [-0.2, 0) is 4.74 Å². The molecule has 128 valence electrons. The molecule has 8 heteroatoms. The Bertz CT molecular complexity index is 961. The molecule has 3 rings (SSSR count). The largest absolute Gasteiger partial charge is 0.508 e. The smallest absolute Gasteiger partial charge is 0.360 e. The molecule has 0 aliphatic carbocycles. The molecule has 0 aliphatic heterocycles. The molecule has 0 bridgehead atoms. The fourth-order valence-electron chi connectivity index (χ4n) is 2.30. The van der Waals surface area contributed by atoms with Gasteiger partial charge in [-0.05, 0) is 18.2 Å². The summed E-state index contributed by atoms with van der Waals surface area (Å²) in [7, 11) is 1.18. The van der Waals surface area contributed by atoms with Crippen molar-refractivity contribution in [1.82, 2.24) is 4.98 Å². The number of carbonyl (C=O) groups excluding carboxylic acids is 1. The highest BCUT2D eigenvalue weighted by atomic mass is 16.5. The van der Waals surface area contributed by atoms with E-state index in [0.717, 1.165) is 12.1 Å². The Balaban J connectivity index is 2.02. The maximum atomic E-state index is 11.5. The summed E-state index contributed by atoms with van der Waals surface area (Å²) in [6, 6.07) is 6.49. The summed E-state index contributed by atoms with van der Waals surface area (Å²) in [6.45, 7) is 0. The van der Waals surface area contributed by atoms with Crippen molar-refractivity contribution in [3.63, 3.8) is 0 Å². The Morgan fingerprint density at radius 2 is 1.72 bits per heavy atom. The van der Waals surface area contributed by atoms with Gasteiger partial charge in [-0.1, -0.05) is 0 Å². The summed E-state index contributed by atoms with van der Waals surface area (Å²) < 4.78 is 9.97. The van der Waals surface area contributed by atoms with Crippen LogP contribution in [0.1, 0.15) is 10.5 Å². The van der Waals surface area contributed by atoms with E-state index in [1.54, 1.807) is 0 Å². The van der Waals surface area contributed by atoms with Crippen molar-refractivity contribution in [3.05, 3.63) is 42.2 Å². The van der Waals surface area contributed by atoms with E-state index in [9.17, 15) is 25.2 Å². The van der Waals surface area contributed by atoms with Crippen molar-refractivity contribution in [2.24, 2.45) is 0 Å². The molecule has 3 aromatic rings. The molecule has 0 saturated heterocycles. The number of esters is 1. The van der Waals surface area contributed by atoms with E-state index in [1.165, 1.54) is 31.5 Å². The normalized spacial score (nSPS) is 10.6. The number of phenols is 3. The van der Waals surface area contributed by atoms with E-state index in [2.05, 4.69) is 9.72 Å². The molecule has 0 radical (unpaired) electrons. The lowest BCUT2D eigenvalue weighted by atomic mass is 10.1. The van der Waals surface area contributed by atoms with Crippen molar-refractivity contribution in [2.75, 3.05) is 7.11 Å². The standard InChI is InChI=1S/C17H13NO7/c1-24-17(23)14-15(22)11-3-2-10(4-8(11)7-18-14)25-16-12(20)5-9(19)6-13(16)21/h2-7,19-22H,1H3. The van der Waals surface area contributed by atoms with E-state index in [1.807, 2.05) is 0 Å². The number of hydrogen-bond donors (Lipinski definition) is 4. The van der Waals surface area contributed by atoms with Crippen LogP contribution in [0.2, 0.25) is 0 Å². The topological polar surface area (TPSA) is 129 Å². The lowest BCUT2D eigenvalue weighted by Gasteiger charge is -2.11. The Labute approximate surface area is 141 Å². The van der Waals surface area contributed by atoms with Gasteiger partial charge in [-0.3, -0.25) is 0 Å². The number of pyridine rings is 1.